The van der Waals surface area contributed by atoms with Gasteiger partial charge in [0.15, 0.2) is 0 Å². The van der Waals surface area contributed by atoms with Crippen molar-refractivity contribution < 1.29 is 8.85 Å². The van der Waals surface area contributed by atoms with E-state index in [0.29, 0.717) is 0 Å². The molecule has 1 heterocycles. The quantitative estimate of drug-likeness (QED) is 0.385. The van der Waals surface area contributed by atoms with Gasteiger partial charge >= 0.3 is 10.0 Å². The molecular weight excluding hydrogens is 122 g/mol. The lowest BCUT2D eigenvalue weighted by molar-refractivity contribution is 0.309. The highest BCUT2D eigenvalue weighted by atomic mass is 28.3. The van der Waals surface area contributed by atoms with Gasteiger partial charge in [0.2, 0.25) is 0 Å². The van der Waals surface area contributed by atoms with Crippen molar-refractivity contribution in [3.63, 3.8) is 0 Å². The molecule has 0 atom stereocenters. The van der Waals surface area contributed by atoms with Crippen LogP contribution < -0.4 is 5.32 Å². The van der Waals surface area contributed by atoms with E-state index in [-0.39, 0.29) is 0 Å². The van der Waals surface area contributed by atoms with E-state index < -0.39 is 10.0 Å². The van der Waals surface area contributed by atoms with Gasteiger partial charge in [0.1, 0.15) is 0 Å². The number of rotatable bonds is 2. The van der Waals surface area contributed by atoms with Gasteiger partial charge in [0.25, 0.3) is 0 Å². The van der Waals surface area contributed by atoms with Crippen LogP contribution in [0.15, 0.2) is 0 Å². The molecule has 0 bridgehead atoms. The highest BCUT2D eigenvalue weighted by Gasteiger charge is 1.91. The van der Waals surface area contributed by atoms with E-state index in [4.69, 9.17) is 0 Å². The van der Waals surface area contributed by atoms with Gasteiger partial charge in [-0.3, -0.25) is 0 Å². The molecule has 1 N–H and O–H groups in total. The molecule has 50 valence electrons. The zero-order valence-corrected chi connectivity index (χ0v) is 6.85. The first-order valence-electron chi connectivity index (χ1n) is 2.60. The average Bonchev–Trinajstić information content (AvgIpc) is 2.50. The predicted molar refractivity (Wildman–Crippen MR) is 35.4 cm³/mol. The van der Waals surface area contributed by atoms with Gasteiger partial charge in [-0.2, -0.15) is 0 Å². The van der Waals surface area contributed by atoms with Crippen LogP contribution in [-0.4, -0.2) is 37.3 Å². The summed E-state index contributed by atoms with van der Waals surface area (Å²) in [5, 5.41) is 3.00. The third-order valence-corrected chi connectivity index (χ3v) is 0.957. The molecule has 0 unspecified atom stereocenters. The topological polar surface area (TPSA) is 40.4 Å². The van der Waals surface area contributed by atoms with Crippen LogP contribution in [0.3, 0.4) is 0 Å². The van der Waals surface area contributed by atoms with E-state index in [9.17, 15) is 0 Å². The third-order valence-electron chi connectivity index (χ3n) is 0.486. The molecule has 1 saturated heterocycles. The van der Waals surface area contributed by atoms with Crippen molar-refractivity contribution in [2.24, 2.45) is 0 Å². The van der Waals surface area contributed by atoms with E-state index in [1.54, 1.807) is 14.2 Å². The average molecular weight is 135 g/mol. The molecule has 0 radical (unpaired) electrons. The zero-order chi connectivity index (χ0) is 6.24. The summed E-state index contributed by atoms with van der Waals surface area (Å²) in [5.41, 5.74) is 0. The van der Waals surface area contributed by atoms with E-state index >= 15 is 0 Å². The lowest BCUT2D eigenvalue weighted by Gasteiger charge is -1.86. The summed E-state index contributed by atoms with van der Waals surface area (Å²) in [6, 6.07) is 0. The van der Waals surface area contributed by atoms with Gasteiger partial charge in [-0.25, -0.2) is 0 Å². The molecule has 0 saturated carbocycles. The summed E-state index contributed by atoms with van der Waals surface area (Å²) < 4.78 is 9.22. The largest absolute Gasteiger partial charge is 0.402 e. The molecule has 1 aliphatic heterocycles. The molecule has 0 aliphatic carbocycles. The van der Waals surface area contributed by atoms with Crippen molar-refractivity contribution in [3.05, 3.63) is 0 Å². The SMILES string of the molecule is C1CN1.CO[SiH2]OC. The molecule has 8 heavy (non-hydrogen) atoms. The van der Waals surface area contributed by atoms with Crippen molar-refractivity contribution >= 4 is 10.0 Å². The molecule has 3 nitrogen and oxygen atoms in total. The first-order valence-corrected chi connectivity index (χ1v) is 3.76. The molecule has 0 amide bonds. The van der Waals surface area contributed by atoms with E-state index in [1.165, 1.54) is 13.1 Å². The second kappa shape index (κ2) is 7.10. The summed E-state index contributed by atoms with van der Waals surface area (Å²) in [5.74, 6) is 0. The molecule has 1 rings (SSSR count). The summed E-state index contributed by atoms with van der Waals surface area (Å²) in [6.07, 6.45) is 0. The molecule has 4 heteroatoms. The molecule has 0 spiro atoms. The molecule has 0 aromatic carbocycles. The molecule has 0 aromatic rings. The number of nitrogens with one attached hydrogen (secondary N) is 1. The van der Waals surface area contributed by atoms with Gasteiger partial charge in [-0.1, -0.05) is 0 Å². The maximum Gasteiger partial charge on any atom is 0.303 e. The fraction of sp³-hybridized carbons (Fsp3) is 1.00. The van der Waals surface area contributed by atoms with Gasteiger partial charge in [-0.15, -0.1) is 0 Å². The molecule has 1 aliphatic rings. The first-order chi connectivity index (χ1) is 3.91. The minimum Gasteiger partial charge on any atom is -0.402 e. The van der Waals surface area contributed by atoms with E-state index in [0.717, 1.165) is 0 Å². The second-order valence-electron chi connectivity index (χ2n) is 1.45. The lowest BCUT2D eigenvalue weighted by Crippen LogP contribution is -1.93. The predicted octanol–water partition coefficient (Wildman–Crippen LogP) is -1.13. The van der Waals surface area contributed by atoms with Crippen LogP contribution in [0.1, 0.15) is 0 Å². The minimum atomic E-state index is -0.568. The van der Waals surface area contributed by atoms with Crippen molar-refractivity contribution in [1.29, 1.82) is 0 Å². The second-order valence-corrected chi connectivity index (χ2v) is 2.84. The highest BCUT2D eigenvalue weighted by Crippen LogP contribution is 1.65. The van der Waals surface area contributed by atoms with Crippen molar-refractivity contribution in [1.82, 2.24) is 5.32 Å². The number of hydrogen-bond donors (Lipinski definition) is 1. The number of hydrogen-bond acceptors (Lipinski definition) is 3. The van der Waals surface area contributed by atoms with Crippen LogP contribution in [0.4, 0.5) is 0 Å². The third kappa shape index (κ3) is 16.5. The van der Waals surface area contributed by atoms with Crippen LogP contribution in [0.2, 0.25) is 0 Å². The summed E-state index contributed by atoms with van der Waals surface area (Å²) in [4.78, 5) is 0. The van der Waals surface area contributed by atoms with Crippen LogP contribution in [0.5, 0.6) is 0 Å². The maximum atomic E-state index is 4.61. The van der Waals surface area contributed by atoms with Gasteiger partial charge < -0.3 is 14.2 Å². The van der Waals surface area contributed by atoms with Crippen LogP contribution in [-0.2, 0) is 8.85 Å². The van der Waals surface area contributed by atoms with Gasteiger partial charge in [-0.05, 0) is 0 Å². The van der Waals surface area contributed by atoms with Crippen molar-refractivity contribution in [2.45, 2.75) is 0 Å². The summed E-state index contributed by atoms with van der Waals surface area (Å²) in [6.45, 7) is 2.50. The lowest BCUT2D eigenvalue weighted by atomic mass is 11.0. The Morgan fingerprint density at radius 2 is 1.62 bits per heavy atom. The van der Waals surface area contributed by atoms with Crippen LogP contribution >= 0.6 is 0 Å². The Morgan fingerprint density at radius 3 is 1.62 bits per heavy atom. The molecular formula is C4H13NO2Si. The van der Waals surface area contributed by atoms with Crippen molar-refractivity contribution in [3.8, 4) is 0 Å². The summed E-state index contributed by atoms with van der Waals surface area (Å²) in [7, 11) is 2.73. The Morgan fingerprint density at radius 1 is 1.25 bits per heavy atom. The van der Waals surface area contributed by atoms with E-state index in [2.05, 4.69) is 14.2 Å². The monoisotopic (exact) mass is 135 g/mol. The minimum absolute atomic E-state index is 0.568. The van der Waals surface area contributed by atoms with Crippen molar-refractivity contribution in [2.75, 3.05) is 27.3 Å². The maximum absolute atomic E-state index is 4.61. The van der Waals surface area contributed by atoms with E-state index in [1.807, 2.05) is 0 Å². The standard InChI is InChI=1S/C2H5N.C2H8O2Si/c1-2-3-1;1-3-5-4-2/h3H,1-2H2;5H2,1-2H3. The van der Waals surface area contributed by atoms with Gasteiger partial charge in [0, 0.05) is 27.3 Å². The first kappa shape index (κ1) is 8.10. The molecule has 1 fully saturated rings. The Balaban J connectivity index is 0.000000135. The Labute approximate surface area is 52.4 Å². The highest BCUT2D eigenvalue weighted by molar-refractivity contribution is 6.17. The smallest absolute Gasteiger partial charge is 0.303 e. The fourth-order valence-electron chi connectivity index (χ4n) is 0.118. The summed E-state index contributed by atoms with van der Waals surface area (Å²) >= 11 is 0. The Kier molecular flexibility index (Phi) is 7.18. The van der Waals surface area contributed by atoms with Gasteiger partial charge in [0.05, 0.1) is 0 Å². The Hall–Kier alpha value is 0.0969. The Bertz CT molecular complexity index is 38.3. The van der Waals surface area contributed by atoms with Crippen LogP contribution in [0, 0.1) is 0 Å². The van der Waals surface area contributed by atoms with Crippen LogP contribution in [0.25, 0.3) is 0 Å². The molecule has 0 aromatic heterocycles. The normalized spacial score (nSPS) is 14.2. The zero-order valence-electron chi connectivity index (χ0n) is 5.44. The fourth-order valence-corrected chi connectivity index (χ4v) is 0.354.